The van der Waals surface area contributed by atoms with Crippen molar-refractivity contribution < 1.29 is 13.9 Å². The van der Waals surface area contributed by atoms with E-state index < -0.39 is 5.97 Å². The Hall–Kier alpha value is -2.60. The van der Waals surface area contributed by atoms with Crippen LogP contribution in [0.15, 0.2) is 59.0 Å². The van der Waals surface area contributed by atoms with E-state index in [1.165, 1.54) is 0 Å². The molecule has 2 aromatic carbocycles. The van der Waals surface area contributed by atoms with Gasteiger partial charge in [-0.3, -0.25) is 0 Å². The Balaban J connectivity index is 1.62. The summed E-state index contributed by atoms with van der Waals surface area (Å²) in [5, 5.41) is 7.87. The molecule has 1 aromatic heterocycles. The summed E-state index contributed by atoms with van der Waals surface area (Å²) >= 11 is 1.70. The first-order valence-electron chi connectivity index (χ1n) is 7.39. The number of esters is 1. The summed E-state index contributed by atoms with van der Waals surface area (Å²) in [6, 6.07) is 16.8. The topological polar surface area (TPSA) is 65.2 Å². The molecule has 1 heterocycles. The lowest BCUT2D eigenvalue weighted by Crippen LogP contribution is -2.05. The molecule has 0 aliphatic carbocycles. The van der Waals surface area contributed by atoms with Gasteiger partial charge in [-0.2, -0.15) is 11.8 Å². The van der Waals surface area contributed by atoms with Gasteiger partial charge in [-0.15, -0.1) is 10.2 Å². The smallest absolute Gasteiger partial charge is 0.338 e. The molecular weight excluding hydrogens is 324 g/mol. The molecule has 122 valence electrons. The van der Waals surface area contributed by atoms with Gasteiger partial charge in [0.05, 0.1) is 5.56 Å². The Morgan fingerprint density at radius 3 is 2.75 bits per heavy atom. The second-order valence-electron chi connectivity index (χ2n) is 5.08. The van der Waals surface area contributed by atoms with Crippen molar-refractivity contribution in [2.75, 3.05) is 6.26 Å². The highest BCUT2D eigenvalue weighted by molar-refractivity contribution is 7.97. The minimum Gasteiger partial charge on any atom is -0.452 e. The third kappa shape index (κ3) is 4.02. The standard InChI is InChI=1S/C18H16N2O3S/c1-24-12-13-6-5-9-15(10-13)18(21)22-11-16-19-20-17(23-16)14-7-3-2-4-8-14/h2-10H,11-12H2,1H3. The summed E-state index contributed by atoms with van der Waals surface area (Å²) in [5.74, 6) is 1.12. The van der Waals surface area contributed by atoms with Crippen molar-refractivity contribution in [2.45, 2.75) is 12.4 Å². The maximum atomic E-state index is 12.1. The van der Waals surface area contributed by atoms with Gasteiger partial charge in [0.1, 0.15) is 0 Å². The van der Waals surface area contributed by atoms with E-state index in [9.17, 15) is 4.79 Å². The lowest BCUT2D eigenvalue weighted by molar-refractivity contribution is 0.0438. The van der Waals surface area contributed by atoms with Crippen LogP contribution in [0.5, 0.6) is 0 Å². The monoisotopic (exact) mass is 340 g/mol. The molecule has 0 atom stereocenters. The fourth-order valence-electron chi connectivity index (χ4n) is 2.17. The maximum Gasteiger partial charge on any atom is 0.338 e. The number of thioether (sulfide) groups is 1. The zero-order valence-electron chi connectivity index (χ0n) is 13.1. The minimum absolute atomic E-state index is 0.0502. The molecule has 3 aromatic rings. The number of benzene rings is 2. The van der Waals surface area contributed by atoms with Crippen molar-refractivity contribution in [1.29, 1.82) is 0 Å². The van der Waals surface area contributed by atoms with E-state index in [4.69, 9.17) is 9.15 Å². The van der Waals surface area contributed by atoms with Gasteiger partial charge in [-0.05, 0) is 36.1 Å². The van der Waals surface area contributed by atoms with E-state index in [0.29, 0.717) is 11.5 Å². The van der Waals surface area contributed by atoms with Gasteiger partial charge in [0.25, 0.3) is 5.89 Å². The zero-order valence-corrected chi connectivity index (χ0v) is 14.0. The van der Waals surface area contributed by atoms with Crippen LogP contribution < -0.4 is 0 Å². The van der Waals surface area contributed by atoms with Crippen LogP contribution in [0.25, 0.3) is 11.5 Å². The van der Waals surface area contributed by atoms with Gasteiger partial charge in [0.2, 0.25) is 5.89 Å². The number of nitrogens with zero attached hydrogens (tertiary/aromatic N) is 2. The second-order valence-corrected chi connectivity index (χ2v) is 5.94. The summed E-state index contributed by atoms with van der Waals surface area (Å²) < 4.78 is 10.8. The highest BCUT2D eigenvalue weighted by Gasteiger charge is 2.12. The molecule has 0 aliphatic rings. The molecule has 5 nitrogen and oxygen atoms in total. The molecule has 0 saturated heterocycles. The van der Waals surface area contributed by atoms with Crippen molar-refractivity contribution in [3.05, 3.63) is 71.6 Å². The first kappa shape index (κ1) is 16.3. The number of aromatic nitrogens is 2. The number of carbonyl (C=O) groups is 1. The Morgan fingerprint density at radius 2 is 1.96 bits per heavy atom. The molecule has 0 amide bonds. The summed E-state index contributed by atoms with van der Waals surface area (Å²) in [5.41, 5.74) is 2.43. The van der Waals surface area contributed by atoms with E-state index >= 15 is 0 Å². The normalized spacial score (nSPS) is 10.5. The number of hydrogen-bond acceptors (Lipinski definition) is 6. The Kier molecular flexibility index (Phi) is 5.28. The van der Waals surface area contributed by atoms with Gasteiger partial charge in [0, 0.05) is 11.3 Å². The number of rotatable bonds is 6. The summed E-state index contributed by atoms with van der Waals surface area (Å²) in [6.45, 7) is -0.0502. The molecule has 0 spiro atoms. The second kappa shape index (κ2) is 7.79. The molecule has 0 bridgehead atoms. The quantitative estimate of drug-likeness (QED) is 0.633. The predicted octanol–water partition coefficient (Wildman–Crippen LogP) is 3.96. The molecule has 0 radical (unpaired) electrons. The molecule has 0 unspecified atom stereocenters. The highest BCUT2D eigenvalue weighted by atomic mass is 32.2. The lowest BCUT2D eigenvalue weighted by atomic mass is 10.1. The Morgan fingerprint density at radius 1 is 1.12 bits per heavy atom. The average Bonchev–Trinajstić information content (AvgIpc) is 3.10. The molecular formula is C18H16N2O3S. The Labute approximate surface area is 144 Å². The zero-order chi connectivity index (χ0) is 16.8. The number of carbonyl (C=O) groups excluding carboxylic acids is 1. The molecule has 3 rings (SSSR count). The van der Waals surface area contributed by atoms with Gasteiger partial charge < -0.3 is 9.15 Å². The average molecular weight is 340 g/mol. The van der Waals surface area contributed by atoms with Gasteiger partial charge in [-0.25, -0.2) is 4.79 Å². The van der Waals surface area contributed by atoms with Crippen LogP contribution in [0, 0.1) is 0 Å². The first-order valence-corrected chi connectivity index (χ1v) is 8.78. The van der Waals surface area contributed by atoms with E-state index in [1.807, 2.05) is 54.8 Å². The van der Waals surface area contributed by atoms with Crippen molar-refractivity contribution in [1.82, 2.24) is 10.2 Å². The molecule has 6 heteroatoms. The molecule has 0 aliphatic heterocycles. The van der Waals surface area contributed by atoms with Crippen LogP contribution in [0.2, 0.25) is 0 Å². The van der Waals surface area contributed by atoms with Gasteiger partial charge in [0.15, 0.2) is 6.61 Å². The fourth-order valence-corrected chi connectivity index (χ4v) is 2.69. The number of hydrogen-bond donors (Lipinski definition) is 0. The van der Waals surface area contributed by atoms with E-state index in [-0.39, 0.29) is 12.5 Å². The van der Waals surface area contributed by atoms with E-state index in [1.54, 1.807) is 17.8 Å². The third-order valence-electron chi connectivity index (χ3n) is 3.29. The van der Waals surface area contributed by atoms with Gasteiger partial charge in [-0.1, -0.05) is 30.3 Å². The third-order valence-corrected chi connectivity index (χ3v) is 3.91. The first-order chi connectivity index (χ1) is 11.8. The summed E-state index contributed by atoms with van der Waals surface area (Å²) in [6.07, 6.45) is 2.02. The molecule has 0 N–H and O–H groups in total. The maximum absolute atomic E-state index is 12.1. The van der Waals surface area contributed by atoms with Crippen molar-refractivity contribution >= 4 is 17.7 Å². The van der Waals surface area contributed by atoms with Crippen LogP contribution in [0.3, 0.4) is 0 Å². The predicted molar refractivity (Wildman–Crippen MR) is 92.5 cm³/mol. The van der Waals surface area contributed by atoms with Gasteiger partial charge >= 0.3 is 5.97 Å². The van der Waals surface area contributed by atoms with Crippen LogP contribution in [-0.4, -0.2) is 22.4 Å². The van der Waals surface area contributed by atoms with Crippen LogP contribution in [0.1, 0.15) is 21.8 Å². The van der Waals surface area contributed by atoms with Crippen molar-refractivity contribution in [2.24, 2.45) is 0 Å². The lowest BCUT2D eigenvalue weighted by Gasteiger charge is -2.04. The minimum atomic E-state index is -0.405. The fraction of sp³-hybridized carbons (Fsp3) is 0.167. The van der Waals surface area contributed by atoms with E-state index in [2.05, 4.69) is 10.2 Å². The summed E-state index contributed by atoms with van der Waals surface area (Å²) in [4.78, 5) is 12.1. The van der Waals surface area contributed by atoms with Crippen LogP contribution in [0.4, 0.5) is 0 Å². The highest BCUT2D eigenvalue weighted by Crippen LogP contribution is 2.18. The molecule has 0 fully saturated rings. The molecule has 24 heavy (non-hydrogen) atoms. The van der Waals surface area contributed by atoms with E-state index in [0.717, 1.165) is 16.9 Å². The summed E-state index contributed by atoms with van der Waals surface area (Å²) in [7, 11) is 0. The SMILES string of the molecule is CSCc1cccc(C(=O)OCc2nnc(-c3ccccc3)o2)c1. The van der Waals surface area contributed by atoms with Crippen molar-refractivity contribution in [3.63, 3.8) is 0 Å². The van der Waals surface area contributed by atoms with Crippen LogP contribution >= 0.6 is 11.8 Å². The Bertz CT molecular complexity index is 818. The van der Waals surface area contributed by atoms with Crippen molar-refractivity contribution in [3.8, 4) is 11.5 Å². The van der Waals surface area contributed by atoms with Crippen LogP contribution in [-0.2, 0) is 17.1 Å². The molecule has 0 saturated carbocycles. The number of ether oxygens (including phenoxy) is 1. The largest absolute Gasteiger partial charge is 0.452 e.